The quantitative estimate of drug-likeness (QED) is 0.343. The molecule has 0 aromatic heterocycles. The molecule has 0 atom stereocenters. The Bertz CT molecular complexity index is 1320. The molecule has 6 N–H and O–H groups in total. The van der Waals surface area contributed by atoms with E-state index in [2.05, 4.69) is 0 Å². The Kier molecular flexibility index (Phi) is 4.98. The summed E-state index contributed by atoms with van der Waals surface area (Å²) in [4.78, 5) is 24.5. The first-order valence-corrected chi connectivity index (χ1v) is 9.54. The number of hydrogen-bond acceptors (Lipinski definition) is 6. The number of aromatic carboxylic acids is 2. The zero-order chi connectivity index (χ0) is 23.2. The van der Waals surface area contributed by atoms with Crippen molar-refractivity contribution in [1.29, 1.82) is 0 Å². The van der Waals surface area contributed by atoms with Crippen LogP contribution in [0.15, 0.2) is 48.5 Å². The maximum absolute atomic E-state index is 12.2. The smallest absolute Gasteiger partial charge is 0.336 e. The van der Waals surface area contributed by atoms with Gasteiger partial charge >= 0.3 is 11.9 Å². The number of carbonyl (C=O) groups is 2. The number of carboxylic acids is 2. The molecular weight excluding hydrogens is 412 g/mol. The zero-order valence-corrected chi connectivity index (χ0v) is 17.3. The van der Waals surface area contributed by atoms with Crippen molar-refractivity contribution in [3.05, 3.63) is 59.7 Å². The van der Waals surface area contributed by atoms with Gasteiger partial charge in [0.2, 0.25) is 0 Å². The van der Waals surface area contributed by atoms with E-state index in [-0.39, 0.29) is 33.6 Å². The van der Waals surface area contributed by atoms with Gasteiger partial charge in [0.25, 0.3) is 0 Å². The number of rotatable bonds is 5. The van der Waals surface area contributed by atoms with Crippen molar-refractivity contribution >= 4 is 44.9 Å². The summed E-state index contributed by atoms with van der Waals surface area (Å²) >= 11 is 0. The van der Waals surface area contributed by atoms with E-state index in [1.54, 1.807) is 36.4 Å². The highest BCUT2D eigenvalue weighted by Gasteiger charge is 2.25. The van der Waals surface area contributed by atoms with Gasteiger partial charge in [-0.25, -0.2) is 9.59 Å². The second-order valence-corrected chi connectivity index (χ2v) is 7.21. The first kappa shape index (κ1) is 20.8. The molecule has 0 fully saturated rings. The van der Waals surface area contributed by atoms with Gasteiger partial charge in [-0.1, -0.05) is 0 Å². The molecule has 8 nitrogen and oxygen atoms in total. The van der Waals surface area contributed by atoms with Gasteiger partial charge in [-0.05, 0) is 59.3 Å². The highest BCUT2D eigenvalue weighted by atomic mass is 16.5. The molecule has 8 heteroatoms. The summed E-state index contributed by atoms with van der Waals surface area (Å²) in [6.45, 7) is 0. The van der Waals surface area contributed by atoms with Crippen LogP contribution in [0.25, 0.3) is 32.7 Å². The van der Waals surface area contributed by atoms with Gasteiger partial charge < -0.3 is 31.2 Å². The van der Waals surface area contributed by atoms with Crippen LogP contribution in [0.4, 0.5) is 11.4 Å². The number of methoxy groups -OCH3 is 2. The van der Waals surface area contributed by atoms with Crippen LogP contribution in [0.3, 0.4) is 0 Å². The number of nitrogen functional groups attached to an aromatic ring is 2. The molecule has 4 aromatic carbocycles. The second kappa shape index (κ2) is 7.66. The standard InChI is InChI=1S/C24H20N2O6/c1-31-11-3-5-13-15(7-11)19(25)9-17(23(27)28)21(13)22-14-6-4-12(32-2)8-16(14)20(26)10-18(22)24(29)30/h3-10H,25-26H2,1-2H3,(H,27,28)(H,29,30). The van der Waals surface area contributed by atoms with Gasteiger partial charge in [0.05, 0.1) is 25.3 Å². The van der Waals surface area contributed by atoms with E-state index in [1.165, 1.54) is 26.4 Å². The Morgan fingerprint density at radius 3 is 1.34 bits per heavy atom. The van der Waals surface area contributed by atoms with Gasteiger partial charge in [0, 0.05) is 33.3 Å². The minimum atomic E-state index is -1.24. The van der Waals surface area contributed by atoms with Crippen LogP contribution in [0, 0.1) is 0 Å². The summed E-state index contributed by atoms with van der Waals surface area (Å²) in [6, 6.07) is 12.7. The van der Waals surface area contributed by atoms with Crippen LogP contribution in [0.5, 0.6) is 11.5 Å². The second-order valence-electron chi connectivity index (χ2n) is 7.21. The monoisotopic (exact) mass is 432 g/mol. The Morgan fingerprint density at radius 2 is 1.03 bits per heavy atom. The molecule has 0 saturated heterocycles. The molecule has 32 heavy (non-hydrogen) atoms. The van der Waals surface area contributed by atoms with Gasteiger partial charge in [-0.2, -0.15) is 0 Å². The Balaban J connectivity index is 2.27. The average molecular weight is 432 g/mol. The predicted molar refractivity (Wildman–Crippen MR) is 123 cm³/mol. The third-order valence-corrected chi connectivity index (χ3v) is 5.46. The van der Waals surface area contributed by atoms with Crippen molar-refractivity contribution in [1.82, 2.24) is 0 Å². The molecule has 4 rings (SSSR count). The third-order valence-electron chi connectivity index (χ3n) is 5.46. The first-order valence-electron chi connectivity index (χ1n) is 9.54. The first-order chi connectivity index (χ1) is 15.3. The fourth-order valence-electron chi connectivity index (χ4n) is 3.99. The van der Waals surface area contributed by atoms with Crippen LogP contribution in [0.2, 0.25) is 0 Å². The molecule has 0 saturated carbocycles. The number of anilines is 2. The largest absolute Gasteiger partial charge is 0.497 e. The van der Waals surface area contributed by atoms with Crippen LogP contribution < -0.4 is 20.9 Å². The lowest BCUT2D eigenvalue weighted by Gasteiger charge is -2.19. The number of hydrogen-bond donors (Lipinski definition) is 4. The van der Waals surface area contributed by atoms with Gasteiger partial charge in [-0.15, -0.1) is 0 Å². The van der Waals surface area contributed by atoms with Gasteiger partial charge in [0.15, 0.2) is 0 Å². The number of nitrogens with two attached hydrogens (primary N) is 2. The SMILES string of the molecule is COc1ccc2c(-c3c(C(=O)O)cc(N)c4cc(OC)ccc34)c(C(=O)O)cc(N)c2c1. The van der Waals surface area contributed by atoms with Crippen LogP contribution in [-0.4, -0.2) is 36.4 Å². The van der Waals surface area contributed by atoms with Crippen molar-refractivity contribution < 1.29 is 29.3 Å². The van der Waals surface area contributed by atoms with Crippen molar-refractivity contribution in [2.24, 2.45) is 0 Å². The maximum atomic E-state index is 12.2. The van der Waals surface area contributed by atoms with E-state index in [0.717, 1.165) is 0 Å². The minimum Gasteiger partial charge on any atom is -0.497 e. The predicted octanol–water partition coefficient (Wildman–Crippen LogP) is 4.24. The Labute approximate surface area is 182 Å². The van der Waals surface area contributed by atoms with E-state index < -0.39 is 11.9 Å². The lowest BCUT2D eigenvalue weighted by molar-refractivity contribution is 0.0684. The number of carboxylic acid groups (broad SMARTS) is 2. The van der Waals surface area contributed by atoms with Crippen LogP contribution >= 0.6 is 0 Å². The van der Waals surface area contributed by atoms with Crippen LogP contribution in [-0.2, 0) is 0 Å². The van der Waals surface area contributed by atoms with E-state index in [0.29, 0.717) is 33.0 Å². The maximum Gasteiger partial charge on any atom is 0.336 e. The fraction of sp³-hybridized carbons (Fsp3) is 0.0833. The summed E-state index contributed by atoms with van der Waals surface area (Å²) in [5.41, 5.74) is 13.0. The molecule has 0 aliphatic carbocycles. The number of ether oxygens (including phenoxy) is 2. The number of benzene rings is 4. The molecule has 0 aliphatic rings. The molecule has 0 bridgehead atoms. The molecule has 0 unspecified atom stereocenters. The lowest BCUT2D eigenvalue weighted by Crippen LogP contribution is -2.08. The summed E-state index contributed by atoms with van der Waals surface area (Å²) < 4.78 is 10.6. The zero-order valence-electron chi connectivity index (χ0n) is 17.3. The summed E-state index contributed by atoms with van der Waals surface area (Å²) in [5, 5.41) is 22.0. The molecular formula is C24H20N2O6. The lowest BCUT2D eigenvalue weighted by atomic mass is 9.86. The van der Waals surface area contributed by atoms with E-state index in [9.17, 15) is 19.8 Å². The summed E-state index contributed by atoms with van der Waals surface area (Å²) in [6.07, 6.45) is 0. The average Bonchev–Trinajstić information content (AvgIpc) is 2.78. The molecule has 162 valence electrons. The molecule has 0 radical (unpaired) electrons. The van der Waals surface area contributed by atoms with E-state index >= 15 is 0 Å². The van der Waals surface area contributed by atoms with Crippen molar-refractivity contribution in [2.45, 2.75) is 0 Å². The van der Waals surface area contributed by atoms with E-state index in [1.807, 2.05) is 0 Å². The molecule has 0 spiro atoms. The summed E-state index contributed by atoms with van der Waals surface area (Å²) in [5.74, 6) is -1.41. The van der Waals surface area contributed by atoms with Crippen molar-refractivity contribution in [3.8, 4) is 22.6 Å². The third kappa shape index (κ3) is 3.18. The minimum absolute atomic E-state index is 0.121. The Hall–Kier alpha value is -4.46. The Morgan fingerprint density at radius 1 is 0.656 bits per heavy atom. The summed E-state index contributed by atoms with van der Waals surface area (Å²) in [7, 11) is 3.01. The van der Waals surface area contributed by atoms with Crippen LogP contribution in [0.1, 0.15) is 20.7 Å². The van der Waals surface area contributed by atoms with Gasteiger partial charge in [0.1, 0.15) is 11.5 Å². The fourth-order valence-corrected chi connectivity index (χ4v) is 3.99. The molecule has 0 heterocycles. The molecule has 4 aromatic rings. The van der Waals surface area contributed by atoms with Crippen molar-refractivity contribution in [2.75, 3.05) is 25.7 Å². The van der Waals surface area contributed by atoms with E-state index in [4.69, 9.17) is 20.9 Å². The molecule has 0 aliphatic heterocycles. The topological polar surface area (TPSA) is 145 Å². The molecule has 0 amide bonds. The van der Waals surface area contributed by atoms with Crippen molar-refractivity contribution in [3.63, 3.8) is 0 Å². The number of fused-ring (bicyclic) bond motifs is 2. The normalized spacial score (nSPS) is 10.9. The highest BCUT2D eigenvalue weighted by molar-refractivity contribution is 6.20. The highest BCUT2D eigenvalue weighted by Crippen LogP contribution is 2.44. The van der Waals surface area contributed by atoms with Gasteiger partial charge in [-0.3, -0.25) is 0 Å².